The zero-order valence-electron chi connectivity index (χ0n) is 13.8. The van der Waals surface area contributed by atoms with E-state index in [-0.39, 0.29) is 5.97 Å². The van der Waals surface area contributed by atoms with Gasteiger partial charge in [-0.2, -0.15) is 0 Å². The number of benzene rings is 2. The number of thioether (sulfide) groups is 1. The largest absolute Gasteiger partial charge is 0.462 e. The average Bonchev–Trinajstić information content (AvgIpc) is 2.62. The fourth-order valence-corrected chi connectivity index (χ4v) is 2.52. The molecule has 0 aliphatic carbocycles. The normalized spacial score (nSPS) is 10.2. The van der Waals surface area contributed by atoms with Crippen molar-refractivity contribution in [2.24, 2.45) is 0 Å². The molecule has 0 fully saturated rings. The lowest BCUT2D eigenvalue weighted by Crippen LogP contribution is -2.10. The van der Waals surface area contributed by atoms with E-state index in [9.17, 15) is 9.59 Å². The quantitative estimate of drug-likeness (QED) is 0.318. The maximum Gasteiger partial charge on any atom is 0.343 e. The number of unbranched alkanes of at least 4 members (excludes halogenated alkanes) is 1. The second-order valence-corrected chi connectivity index (χ2v) is 5.96. The number of ether oxygens (including phenoxy) is 2. The molecule has 0 unspecified atom stereocenters. The highest BCUT2D eigenvalue weighted by atomic mass is 32.2. The highest BCUT2D eigenvalue weighted by Crippen LogP contribution is 2.27. The van der Waals surface area contributed by atoms with Gasteiger partial charge in [0.15, 0.2) is 0 Å². The van der Waals surface area contributed by atoms with Crippen LogP contribution in [0.25, 0.3) is 0 Å². The molecule has 0 aliphatic heterocycles. The van der Waals surface area contributed by atoms with E-state index in [4.69, 9.17) is 9.47 Å². The van der Waals surface area contributed by atoms with E-state index >= 15 is 0 Å². The molecule has 0 aliphatic rings. The SMILES string of the molecule is CCCCOC(=O)c1ccc(C(=O)Oc2ccccc2SC)cc1. The first-order valence-corrected chi connectivity index (χ1v) is 9.00. The Hall–Kier alpha value is -2.27. The predicted octanol–water partition coefficient (Wildman–Crippen LogP) is 4.58. The number of hydrogen-bond acceptors (Lipinski definition) is 5. The molecule has 2 rings (SSSR count). The Kier molecular flexibility index (Phi) is 6.88. The molecule has 0 aromatic heterocycles. The zero-order chi connectivity index (χ0) is 17.4. The van der Waals surface area contributed by atoms with Gasteiger partial charge in [0, 0.05) is 4.90 Å². The van der Waals surface area contributed by atoms with Crippen LogP contribution >= 0.6 is 11.8 Å². The summed E-state index contributed by atoms with van der Waals surface area (Å²) < 4.78 is 10.6. The topological polar surface area (TPSA) is 52.6 Å². The summed E-state index contributed by atoms with van der Waals surface area (Å²) in [6.45, 7) is 2.44. The first-order chi connectivity index (χ1) is 11.7. The Morgan fingerprint density at radius 2 is 1.58 bits per heavy atom. The van der Waals surface area contributed by atoms with Crippen molar-refractivity contribution in [3.63, 3.8) is 0 Å². The molecule has 126 valence electrons. The Balaban J connectivity index is 2.02. The first kappa shape index (κ1) is 18.1. The Morgan fingerprint density at radius 1 is 0.958 bits per heavy atom. The smallest absolute Gasteiger partial charge is 0.343 e. The van der Waals surface area contributed by atoms with Crippen molar-refractivity contribution in [3.8, 4) is 5.75 Å². The maximum atomic E-state index is 12.2. The first-order valence-electron chi connectivity index (χ1n) is 7.78. The van der Waals surface area contributed by atoms with Crippen LogP contribution < -0.4 is 4.74 Å². The highest BCUT2D eigenvalue weighted by molar-refractivity contribution is 7.98. The van der Waals surface area contributed by atoms with Gasteiger partial charge in [-0.25, -0.2) is 9.59 Å². The minimum Gasteiger partial charge on any atom is -0.462 e. The third kappa shape index (κ3) is 4.86. The number of esters is 2. The Bertz CT molecular complexity index is 695. The van der Waals surface area contributed by atoms with Crippen LogP contribution in [0, 0.1) is 0 Å². The molecule has 0 spiro atoms. The molecule has 2 aromatic carbocycles. The van der Waals surface area contributed by atoms with Gasteiger partial charge >= 0.3 is 11.9 Å². The zero-order valence-corrected chi connectivity index (χ0v) is 14.6. The van der Waals surface area contributed by atoms with Crippen molar-refractivity contribution in [2.75, 3.05) is 12.9 Å². The van der Waals surface area contributed by atoms with Crippen molar-refractivity contribution in [1.82, 2.24) is 0 Å². The molecule has 0 atom stereocenters. The monoisotopic (exact) mass is 344 g/mol. The second kappa shape index (κ2) is 9.13. The lowest BCUT2D eigenvalue weighted by molar-refractivity contribution is 0.0499. The van der Waals surface area contributed by atoms with Crippen LogP contribution in [0.1, 0.15) is 40.5 Å². The van der Waals surface area contributed by atoms with E-state index in [2.05, 4.69) is 0 Å². The molecule has 0 radical (unpaired) electrons. The molecule has 0 heterocycles. The van der Waals surface area contributed by atoms with Crippen molar-refractivity contribution in [2.45, 2.75) is 24.7 Å². The summed E-state index contributed by atoms with van der Waals surface area (Å²) in [5, 5.41) is 0. The van der Waals surface area contributed by atoms with Gasteiger partial charge < -0.3 is 9.47 Å². The highest BCUT2D eigenvalue weighted by Gasteiger charge is 2.13. The molecule has 0 N–H and O–H groups in total. The van der Waals surface area contributed by atoms with Crippen LogP contribution in [0.3, 0.4) is 0 Å². The summed E-state index contributed by atoms with van der Waals surface area (Å²) in [6.07, 6.45) is 3.73. The fraction of sp³-hybridized carbons (Fsp3) is 0.263. The fourth-order valence-electron chi connectivity index (χ4n) is 2.00. The average molecular weight is 344 g/mol. The number of rotatable bonds is 7. The summed E-state index contributed by atoms with van der Waals surface area (Å²) >= 11 is 1.51. The summed E-state index contributed by atoms with van der Waals surface area (Å²) in [6, 6.07) is 13.6. The standard InChI is InChI=1S/C19H20O4S/c1-3-4-13-22-18(20)14-9-11-15(12-10-14)19(21)23-16-7-5-6-8-17(16)24-2/h5-12H,3-4,13H2,1-2H3. The van der Waals surface area contributed by atoms with Crippen LogP contribution in [0.2, 0.25) is 0 Å². The van der Waals surface area contributed by atoms with E-state index in [0.717, 1.165) is 17.7 Å². The predicted molar refractivity (Wildman–Crippen MR) is 94.8 cm³/mol. The van der Waals surface area contributed by atoms with Gasteiger partial charge in [-0.05, 0) is 49.1 Å². The van der Waals surface area contributed by atoms with Crippen LogP contribution in [-0.4, -0.2) is 24.8 Å². The number of carbonyl (C=O) groups is 2. The van der Waals surface area contributed by atoms with Gasteiger partial charge in [-0.15, -0.1) is 11.8 Å². The van der Waals surface area contributed by atoms with Crippen LogP contribution in [0.15, 0.2) is 53.4 Å². The minimum absolute atomic E-state index is 0.379. The summed E-state index contributed by atoms with van der Waals surface area (Å²) in [5.41, 5.74) is 0.809. The molecular formula is C19H20O4S. The van der Waals surface area contributed by atoms with E-state index < -0.39 is 5.97 Å². The van der Waals surface area contributed by atoms with Crippen LogP contribution in [-0.2, 0) is 4.74 Å². The minimum atomic E-state index is -0.456. The molecule has 0 saturated heterocycles. The van der Waals surface area contributed by atoms with Crippen molar-refractivity contribution in [3.05, 3.63) is 59.7 Å². The number of para-hydroxylation sites is 1. The lowest BCUT2D eigenvalue weighted by atomic mass is 10.1. The summed E-state index contributed by atoms with van der Waals surface area (Å²) in [5.74, 6) is -0.309. The Morgan fingerprint density at radius 3 is 2.21 bits per heavy atom. The summed E-state index contributed by atoms with van der Waals surface area (Å²) in [4.78, 5) is 25.0. The van der Waals surface area contributed by atoms with Gasteiger partial charge in [-0.1, -0.05) is 25.5 Å². The molecule has 0 bridgehead atoms. The van der Waals surface area contributed by atoms with Gasteiger partial charge in [0.1, 0.15) is 5.75 Å². The maximum absolute atomic E-state index is 12.2. The van der Waals surface area contributed by atoms with Crippen LogP contribution in [0.4, 0.5) is 0 Å². The molecule has 0 amide bonds. The van der Waals surface area contributed by atoms with E-state index in [0.29, 0.717) is 23.5 Å². The molecule has 2 aromatic rings. The third-order valence-corrected chi connectivity index (χ3v) is 4.14. The number of hydrogen-bond donors (Lipinski definition) is 0. The summed E-state index contributed by atoms with van der Waals surface area (Å²) in [7, 11) is 0. The lowest BCUT2D eigenvalue weighted by Gasteiger charge is -2.08. The van der Waals surface area contributed by atoms with E-state index in [1.54, 1.807) is 30.3 Å². The van der Waals surface area contributed by atoms with Crippen LogP contribution in [0.5, 0.6) is 5.75 Å². The van der Waals surface area contributed by atoms with Gasteiger partial charge in [0.25, 0.3) is 0 Å². The van der Waals surface area contributed by atoms with E-state index in [1.165, 1.54) is 11.8 Å². The molecular weight excluding hydrogens is 324 g/mol. The van der Waals surface area contributed by atoms with Crippen molar-refractivity contribution in [1.29, 1.82) is 0 Å². The Labute approximate surface area is 146 Å². The van der Waals surface area contributed by atoms with Gasteiger partial charge in [0.2, 0.25) is 0 Å². The van der Waals surface area contributed by atoms with Gasteiger partial charge in [0.05, 0.1) is 17.7 Å². The molecule has 0 saturated carbocycles. The number of carbonyl (C=O) groups excluding carboxylic acids is 2. The van der Waals surface area contributed by atoms with Crippen molar-refractivity contribution < 1.29 is 19.1 Å². The molecule has 5 heteroatoms. The second-order valence-electron chi connectivity index (χ2n) is 5.11. The van der Waals surface area contributed by atoms with Crippen molar-refractivity contribution >= 4 is 23.7 Å². The third-order valence-electron chi connectivity index (χ3n) is 3.36. The molecule has 24 heavy (non-hydrogen) atoms. The van der Waals surface area contributed by atoms with E-state index in [1.807, 2.05) is 31.4 Å². The molecule has 4 nitrogen and oxygen atoms in total. The van der Waals surface area contributed by atoms with Gasteiger partial charge in [-0.3, -0.25) is 0 Å².